The number of allylic oxidation sites excluding steroid dienone is 1. The van der Waals surface area contributed by atoms with E-state index in [1.807, 2.05) is 0 Å². The lowest BCUT2D eigenvalue weighted by Gasteiger charge is -2.43. The quantitative estimate of drug-likeness (QED) is 0.269. The lowest BCUT2D eigenvalue weighted by atomic mass is 9.58. The molecule has 0 N–H and O–H groups in total. The Kier molecular flexibility index (Phi) is 5.80. The smallest absolute Gasteiger partial charge is 0.0557 e. The van der Waals surface area contributed by atoms with Crippen LogP contribution < -0.4 is 0 Å². The molecule has 5 rings (SSSR count). The second-order valence-electron chi connectivity index (χ2n) is 10.9. The Morgan fingerprint density at radius 2 is 0.857 bits per heavy atom. The topological polar surface area (TPSA) is 0 Å². The average Bonchev–Trinajstić information content (AvgIpc) is 3.09. The van der Waals surface area contributed by atoms with Crippen molar-refractivity contribution in [2.24, 2.45) is 0 Å². The zero-order valence-corrected chi connectivity index (χ0v) is 22.2. The van der Waals surface area contributed by atoms with Crippen LogP contribution in [-0.4, -0.2) is 0 Å². The van der Waals surface area contributed by atoms with Gasteiger partial charge in [-0.15, -0.1) is 0 Å². The molecular formula is C35H36. The van der Waals surface area contributed by atoms with Gasteiger partial charge in [0, 0.05) is 5.92 Å². The molecule has 4 aromatic rings. The SMILES string of the molecule is CC1=Cc2ccccc2C1C(c1cc(C)cc(C)c1)(c1cc(C)cc(C)c1)c1cc(C)cc(C)c1. The van der Waals surface area contributed by atoms with Crippen LogP contribution in [-0.2, 0) is 5.41 Å². The van der Waals surface area contributed by atoms with Crippen molar-refractivity contribution in [3.63, 3.8) is 0 Å². The minimum atomic E-state index is -0.350. The van der Waals surface area contributed by atoms with E-state index >= 15 is 0 Å². The highest BCUT2D eigenvalue weighted by Crippen LogP contribution is 2.56. The Labute approximate surface area is 211 Å². The van der Waals surface area contributed by atoms with Crippen molar-refractivity contribution in [1.82, 2.24) is 0 Å². The highest BCUT2D eigenvalue weighted by Gasteiger charge is 2.47. The Bertz CT molecular complexity index is 1280. The predicted molar refractivity (Wildman–Crippen MR) is 150 cm³/mol. The monoisotopic (exact) mass is 456 g/mol. The maximum atomic E-state index is 2.43. The van der Waals surface area contributed by atoms with E-state index in [4.69, 9.17) is 0 Å². The molecule has 1 unspecified atom stereocenters. The summed E-state index contributed by atoms with van der Waals surface area (Å²) in [7, 11) is 0. The van der Waals surface area contributed by atoms with Crippen LogP contribution in [0.4, 0.5) is 0 Å². The summed E-state index contributed by atoms with van der Waals surface area (Å²) < 4.78 is 0. The molecule has 0 radical (unpaired) electrons. The maximum absolute atomic E-state index is 2.43. The predicted octanol–water partition coefficient (Wildman–Crippen LogP) is 9.07. The van der Waals surface area contributed by atoms with Crippen LogP contribution in [0.3, 0.4) is 0 Å². The number of hydrogen-bond acceptors (Lipinski definition) is 0. The summed E-state index contributed by atoms with van der Waals surface area (Å²) in [6, 6.07) is 30.4. The molecule has 0 bridgehead atoms. The van der Waals surface area contributed by atoms with Crippen LogP contribution in [0.5, 0.6) is 0 Å². The second-order valence-corrected chi connectivity index (χ2v) is 10.9. The molecule has 0 saturated carbocycles. The van der Waals surface area contributed by atoms with E-state index in [0.29, 0.717) is 0 Å². The molecule has 0 aromatic heterocycles. The number of fused-ring (bicyclic) bond motifs is 1. The Balaban J connectivity index is 2.01. The Morgan fingerprint density at radius 3 is 1.26 bits per heavy atom. The maximum Gasteiger partial charge on any atom is 0.0557 e. The number of aryl methyl sites for hydroxylation is 6. The van der Waals surface area contributed by atoms with Gasteiger partial charge >= 0.3 is 0 Å². The third kappa shape index (κ3) is 3.96. The summed E-state index contributed by atoms with van der Waals surface area (Å²) in [5.74, 6) is 0.210. The molecule has 0 spiro atoms. The van der Waals surface area contributed by atoms with Crippen molar-refractivity contribution in [2.45, 2.75) is 59.8 Å². The van der Waals surface area contributed by atoms with Gasteiger partial charge in [-0.2, -0.15) is 0 Å². The van der Waals surface area contributed by atoms with Gasteiger partial charge in [-0.1, -0.05) is 124 Å². The van der Waals surface area contributed by atoms with E-state index in [2.05, 4.69) is 133 Å². The van der Waals surface area contributed by atoms with Crippen LogP contribution in [0.15, 0.2) is 84.4 Å². The van der Waals surface area contributed by atoms with Crippen molar-refractivity contribution in [2.75, 3.05) is 0 Å². The first-order chi connectivity index (χ1) is 16.7. The molecule has 0 fully saturated rings. The molecule has 1 aliphatic rings. The first-order valence-electron chi connectivity index (χ1n) is 12.7. The molecule has 35 heavy (non-hydrogen) atoms. The van der Waals surface area contributed by atoms with E-state index in [0.717, 1.165) is 0 Å². The highest BCUT2D eigenvalue weighted by molar-refractivity contribution is 5.72. The van der Waals surface area contributed by atoms with Crippen LogP contribution in [0.2, 0.25) is 0 Å². The summed E-state index contributed by atoms with van der Waals surface area (Å²) in [5, 5.41) is 0. The molecule has 0 heteroatoms. The van der Waals surface area contributed by atoms with Crippen molar-refractivity contribution >= 4 is 6.08 Å². The van der Waals surface area contributed by atoms with Gasteiger partial charge in [-0.3, -0.25) is 0 Å². The summed E-state index contributed by atoms with van der Waals surface area (Å²) in [6.07, 6.45) is 2.41. The van der Waals surface area contributed by atoms with Crippen molar-refractivity contribution in [3.8, 4) is 0 Å². The largest absolute Gasteiger partial charge is 0.0636 e. The summed E-state index contributed by atoms with van der Waals surface area (Å²) >= 11 is 0. The third-order valence-electron chi connectivity index (χ3n) is 7.61. The van der Waals surface area contributed by atoms with Gasteiger partial charge in [0.1, 0.15) is 0 Å². The van der Waals surface area contributed by atoms with E-state index in [-0.39, 0.29) is 11.3 Å². The van der Waals surface area contributed by atoms with Crippen molar-refractivity contribution in [3.05, 3.63) is 146 Å². The van der Waals surface area contributed by atoms with Crippen LogP contribution in [0.1, 0.15) is 74.0 Å². The van der Waals surface area contributed by atoms with Gasteiger partial charge in [0.25, 0.3) is 0 Å². The first kappa shape index (κ1) is 23.4. The fourth-order valence-electron chi connectivity index (χ4n) is 6.66. The Morgan fingerprint density at radius 1 is 0.486 bits per heavy atom. The van der Waals surface area contributed by atoms with Crippen molar-refractivity contribution < 1.29 is 0 Å². The van der Waals surface area contributed by atoms with Crippen LogP contribution >= 0.6 is 0 Å². The summed E-state index contributed by atoms with van der Waals surface area (Å²) in [5.41, 5.74) is 15.8. The third-order valence-corrected chi connectivity index (χ3v) is 7.61. The molecule has 0 aliphatic heterocycles. The Hall–Kier alpha value is -3.38. The van der Waals surface area contributed by atoms with Crippen LogP contribution in [0.25, 0.3) is 6.08 Å². The lowest BCUT2D eigenvalue weighted by Crippen LogP contribution is -2.37. The van der Waals surface area contributed by atoms with Gasteiger partial charge < -0.3 is 0 Å². The number of hydrogen-bond donors (Lipinski definition) is 0. The summed E-state index contributed by atoms with van der Waals surface area (Å²) in [4.78, 5) is 0. The number of benzene rings is 4. The van der Waals surface area contributed by atoms with Gasteiger partial charge in [0.2, 0.25) is 0 Å². The molecule has 0 heterocycles. The molecule has 1 atom stereocenters. The van der Waals surface area contributed by atoms with Gasteiger partial charge in [0.05, 0.1) is 5.41 Å². The molecule has 4 aromatic carbocycles. The molecule has 0 amide bonds. The first-order valence-corrected chi connectivity index (χ1v) is 12.7. The van der Waals surface area contributed by atoms with E-state index in [9.17, 15) is 0 Å². The highest BCUT2D eigenvalue weighted by atomic mass is 14.5. The summed E-state index contributed by atoms with van der Waals surface area (Å²) in [6.45, 7) is 15.7. The van der Waals surface area contributed by atoms with E-state index < -0.39 is 0 Å². The lowest BCUT2D eigenvalue weighted by molar-refractivity contribution is 0.534. The molecule has 0 saturated heterocycles. The molecular weight excluding hydrogens is 420 g/mol. The van der Waals surface area contributed by atoms with E-state index in [1.165, 1.54) is 66.8 Å². The minimum absolute atomic E-state index is 0.210. The standard InChI is InChI=1S/C35H36/c1-22-12-23(2)16-30(15-22)35(31-17-24(3)13-25(4)18-31,32-19-26(5)14-27(6)20-32)34-28(7)21-29-10-8-9-11-33(29)34/h8-21,34H,1-7H3. The zero-order valence-electron chi connectivity index (χ0n) is 22.2. The number of rotatable bonds is 4. The minimum Gasteiger partial charge on any atom is -0.0636 e. The van der Waals surface area contributed by atoms with E-state index in [1.54, 1.807) is 0 Å². The van der Waals surface area contributed by atoms with Gasteiger partial charge in [-0.05, 0) is 76.3 Å². The van der Waals surface area contributed by atoms with Gasteiger partial charge in [-0.25, -0.2) is 0 Å². The average molecular weight is 457 g/mol. The normalized spacial score (nSPS) is 15.2. The molecule has 176 valence electrons. The van der Waals surface area contributed by atoms with Gasteiger partial charge in [0.15, 0.2) is 0 Å². The second kappa shape index (κ2) is 8.68. The molecule has 1 aliphatic carbocycles. The fraction of sp³-hybridized carbons (Fsp3) is 0.257. The van der Waals surface area contributed by atoms with Crippen molar-refractivity contribution in [1.29, 1.82) is 0 Å². The fourth-order valence-corrected chi connectivity index (χ4v) is 6.66. The molecule has 0 nitrogen and oxygen atoms in total. The zero-order chi connectivity index (χ0) is 24.9. The van der Waals surface area contributed by atoms with Crippen LogP contribution in [0, 0.1) is 41.5 Å².